The Kier molecular flexibility index (Phi) is 8.91. The Bertz CT molecular complexity index is 1070. The van der Waals surface area contributed by atoms with Gasteiger partial charge in [-0.3, -0.25) is 14.4 Å². The molecule has 3 rings (SSSR count). The predicted octanol–water partition coefficient (Wildman–Crippen LogP) is 2.36. The molecule has 10 nitrogen and oxygen atoms in total. The van der Waals surface area contributed by atoms with E-state index in [1.54, 1.807) is 20.3 Å². The molecule has 1 saturated carbocycles. The Morgan fingerprint density at radius 1 is 1.20 bits per heavy atom. The third-order valence-corrected chi connectivity index (χ3v) is 7.12. The number of rotatable bonds is 11. The maximum absolute atomic E-state index is 13.6. The van der Waals surface area contributed by atoms with Gasteiger partial charge in [0.2, 0.25) is 5.91 Å². The largest absolute Gasteiger partial charge is 0.493 e. The fourth-order valence-corrected chi connectivity index (χ4v) is 5.12. The first kappa shape index (κ1) is 26.3. The van der Waals surface area contributed by atoms with Crippen LogP contribution in [0.15, 0.2) is 18.2 Å². The van der Waals surface area contributed by atoms with Crippen LogP contribution < -0.4 is 26.3 Å². The summed E-state index contributed by atoms with van der Waals surface area (Å²) in [7, 11) is 3.12. The number of nitrogens with two attached hydrogens (primary N) is 2. The van der Waals surface area contributed by atoms with E-state index < -0.39 is 17.9 Å². The summed E-state index contributed by atoms with van der Waals surface area (Å²) >= 11 is 0.811. The van der Waals surface area contributed by atoms with Crippen LogP contribution in [-0.2, 0) is 11.2 Å². The van der Waals surface area contributed by atoms with Gasteiger partial charge in [-0.1, -0.05) is 25.8 Å². The number of nitrogen functional groups attached to an aromatic ring is 1. The molecule has 0 spiro atoms. The van der Waals surface area contributed by atoms with Crippen LogP contribution in [0.25, 0.3) is 0 Å². The molecule has 0 radical (unpaired) electrons. The van der Waals surface area contributed by atoms with Crippen LogP contribution in [0.2, 0.25) is 0 Å². The number of anilines is 1. The first-order valence-electron chi connectivity index (χ1n) is 11.7. The highest BCUT2D eigenvalue weighted by molar-refractivity contribution is 7.09. The molecule has 0 saturated heterocycles. The lowest BCUT2D eigenvalue weighted by Gasteiger charge is -2.31. The van der Waals surface area contributed by atoms with Gasteiger partial charge in [-0.2, -0.15) is 4.37 Å². The molecule has 0 bridgehead atoms. The van der Waals surface area contributed by atoms with Gasteiger partial charge < -0.3 is 31.2 Å². The molecule has 1 atom stereocenters. The summed E-state index contributed by atoms with van der Waals surface area (Å²) in [5.74, 6) is -0.282. The van der Waals surface area contributed by atoms with E-state index in [4.69, 9.17) is 20.9 Å². The summed E-state index contributed by atoms with van der Waals surface area (Å²) in [5.41, 5.74) is 12.1. The Balaban J connectivity index is 1.88. The minimum atomic E-state index is -0.805. The van der Waals surface area contributed by atoms with E-state index in [9.17, 15) is 14.4 Å². The lowest BCUT2D eigenvalue weighted by Crippen LogP contribution is -2.51. The number of nitrogens with one attached hydrogen (secondary N) is 1. The van der Waals surface area contributed by atoms with Crippen molar-refractivity contribution in [2.24, 2.45) is 5.73 Å². The minimum Gasteiger partial charge on any atom is -0.493 e. The van der Waals surface area contributed by atoms with Crippen molar-refractivity contribution >= 4 is 34.9 Å². The molecular formula is C24H33N5O5S. The number of hydrogen-bond donors (Lipinski definition) is 3. The summed E-state index contributed by atoms with van der Waals surface area (Å²) in [6.07, 6.45) is 4.91. The molecule has 5 N–H and O–H groups in total. The molecule has 35 heavy (non-hydrogen) atoms. The minimum absolute atomic E-state index is 0.0605. The fraction of sp³-hybridized carbons (Fsp3) is 0.500. The Labute approximate surface area is 209 Å². The number of carbonyl (C=O) groups excluding carboxylic acids is 3. The van der Waals surface area contributed by atoms with Crippen molar-refractivity contribution in [2.75, 3.05) is 26.5 Å². The van der Waals surface area contributed by atoms with Gasteiger partial charge in [0.1, 0.15) is 10.9 Å². The third-order valence-electron chi connectivity index (χ3n) is 6.27. The van der Waals surface area contributed by atoms with E-state index in [0.717, 1.165) is 42.8 Å². The number of primary amides is 1. The molecule has 11 heteroatoms. The van der Waals surface area contributed by atoms with Gasteiger partial charge in [-0.25, -0.2) is 0 Å². The second-order valence-corrected chi connectivity index (χ2v) is 9.26. The normalized spacial score (nSPS) is 14.4. The average molecular weight is 504 g/mol. The topological polar surface area (TPSA) is 150 Å². The SMILES string of the molecule is CCC(C(=O)NC1CCCC1)N(CCc1ccc(OC)c(OC)c1)C(=O)c1snc(C(N)=O)c1N. The molecule has 1 fully saturated rings. The van der Waals surface area contributed by atoms with Crippen LogP contribution in [0.4, 0.5) is 5.69 Å². The summed E-state index contributed by atoms with van der Waals surface area (Å²) in [6, 6.07) is 4.93. The van der Waals surface area contributed by atoms with Crippen LogP contribution in [0.1, 0.15) is 64.8 Å². The van der Waals surface area contributed by atoms with E-state index in [0.29, 0.717) is 24.3 Å². The first-order valence-corrected chi connectivity index (χ1v) is 12.4. The Hall–Kier alpha value is -3.34. The third kappa shape index (κ3) is 6.02. The summed E-state index contributed by atoms with van der Waals surface area (Å²) in [6.45, 7) is 2.11. The van der Waals surface area contributed by atoms with E-state index in [-0.39, 0.29) is 34.8 Å². The van der Waals surface area contributed by atoms with Gasteiger partial charge in [0.25, 0.3) is 11.8 Å². The molecule has 1 unspecified atom stereocenters. The molecule has 1 aliphatic rings. The Morgan fingerprint density at radius 2 is 1.89 bits per heavy atom. The van der Waals surface area contributed by atoms with Gasteiger partial charge in [0.05, 0.1) is 19.9 Å². The van der Waals surface area contributed by atoms with E-state index in [2.05, 4.69) is 9.69 Å². The summed E-state index contributed by atoms with van der Waals surface area (Å²) < 4.78 is 14.6. The van der Waals surface area contributed by atoms with Crippen molar-refractivity contribution in [1.82, 2.24) is 14.6 Å². The van der Waals surface area contributed by atoms with Crippen LogP contribution in [0.3, 0.4) is 0 Å². The number of benzene rings is 1. The highest BCUT2D eigenvalue weighted by Crippen LogP contribution is 2.29. The number of amides is 3. The molecule has 1 heterocycles. The van der Waals surface area contributed by atoms with Crippen molar-refractivity contribution in [3.63, 3.8) is 0 Å². The fourth-order valence-electron chi connectivity index (χ4n) is 4.36. The molecule has 1 aliphatic carbocycles. The second-order valence-electron chi connectivity index (χ2n) is 8.49. The lowest BCUT2D eigenvalue weighted by atomic mass is 10.1. The van der Waals surface area contributed by atoms with Gasteiger partial charge >= 0.3 is 0 Å². The van der Waals surface area contributed by atoms with Crippen LogP contribution in [-0.4, -0.2) is 59.8 Å². The molecule has 2 aromatic rings. The van der Waals surface area contributed by atoms with Gasteiger partial charge in [0, 0.05) is 12.6 Å². The van der Waals surface area contributed by atoms with E-state index in [1.807, 2.05) is 19.1 Å². The number of nitrogens with zero attached hydrogens (tertiary/aromatic N) is 2. The van der Waals surface area contributed by atoms with Crippen molar-refractivity contribution in [2.45, 2.75) is 57.5 Å². The Morgan fingerprint density at radius 3 is 2.46 bits per heavy atom. The number of methoxy groups -OCH3 is 2. The van der Waals surface area contributed by atoms with Crippen molar-refractivity contribution in [3.8, 4) is 11.5 Å². The molecule has 0 aliphatic heterocycles. The van der Waals surface area contributed by atoms with Crippen molar-refractivity contribution in [1.29, 1.82) is 0 Å². The number of carbonyl (C=O) groups is 3. The molecule has 3 amide bonds. The van der Waals surface area contributed by atoms with Crippen LogP contribution >= 0.6 is 11.5 Å². The summed E-state index contributed by atoms with van der Waals surface area (Å²) in [5, 5.41) is 3.10. The lowest BCUT2D eigenvalue weighted by molar-refractivity contribution is -0.126. The van der Waals surface area contributed by atoms with Gasteiger partial charge in [0.15, 0.2) is 17.2 Å². The van der Waals surface area contributed by atoms with Crippen LogP contribution in [0.5, 0.6) is 11.5 Å². The zero-order valence-electron chi connectivity index (χ0n) is 20.3. The smallest absolute Gasteiger partial charge is 0.270 e. The molecule has 190 valence electrons. The number of aromatic nitrogens is 1. The number of hydrogen-bond acceptors (Lipinski definition) is 8. The predicted molar refractivity (Wildman–Crippen MR) is 134 cm³/mol. The highest BCUT2D eigenvalue weighted by atomic mass is 32.1. The molecular weight excluding hydrogens is 470 g/mol. The maximum atomic E-state index is 13.6. The quantitative estimate of drug-likeness (QED) is 0.426. The van der Waals surface area contributed by atoms with E-state index >= 15 is 0 Å². The molecule has 1 aromatic heterocycles. The molecule has 1 aromatic carbocycles. The first-order chi connectivity index (χ1) is 16.8. The zero-order valence-corrected chi connectivity index (χ0v) is 21.2. The maximum Gasteiger partial charge on any atom is 0.270 e. The van der Waals surface area contributed by atoms with Crippen molar-refractivity contribution in [3.05, 3.63) is 34.3 Å². The standard InChI is InChI=1S/C24H33N5O5S/c1-4-16(23(31)27-15-7-5-6-8-15)29(24(32)21-19(25)20(22(26)30)28-35-21)12-11-14-9-10-17(33-2)18(13-14)34-3/h9-10,13,15-16H,4-8,11-12,25H2,1-3H3,(H2,26,30)(H,27,31). The van der Waals surface area contributed by atoms with Gasteiger partial charge in [-0.15, -0.1) is 0 Å². The number of ether oxygens (including phenoxy) is 2. The van der Waals surface area contributed by atoms with Crippen LogP contribution in [0, 0.1) is 0 Å². The van der Waals surface area contributed by atoms with Gasteiger partial charge in [-0.05, 0) is 54.9 Å². The van der Waals surface area contributed by atoms with E-state index in [1.165, 1.54) is 4.90 Å². The van der Waals surface area contributed by atoms with Crippen molar-refractivity contribution < 1.29 is 23.9 Å². The average Bonchev–Trinajstić information content (AvgIpc) is 3.50. The monoisotopic (exact) mass is 503 g/mol. The zero-order chi connectivity index (χ0) is 25.5. The summed E-state index contributed by atoms with van der Waals surface area (Å²) in [4.78, 5) is 40.1. The highest BCUT2D eigenvalue weighted by Gasteiger charge is 2.33. The second kappa shape index (κ2) is 11.9.